The summed E-state index contributed by atoms with van der Waals surface area (Å²) in [6.07, 6.45) is 0. The van der Waals surface area contributed by atoms with Crippen molar-refractivity contribution in [1.29, 1.82) is 0 Å². The van der Waals surface area contributed by atoms with Crippen LogP contribution in [0.15, 0.2) is 23.1 Å². The standard InChI is InChI=1S/C10H11FO2S/c1-3-14-7-4-5-8(9(11)6-7)10(12)13-2/h4-6H,3H2,1-2H3. The zero-order valence-electron chi connectivity index (χ0n) is 8.04. The molecule has 0 unspecified atom stereocenters. The lowest BCUT2D eigenvalue weighted by Crippen LogP contribution is -2.04. The van der Waals surface area contributed by atoms with Crippen molar-refractivity contribution in [2.75, 3.05) is 12.9 Å². The first kappa shape index (κ1) is 11.0. The van der Waals surface area contributed by atoms with Gasteiger partial charge in [0, 0.05) is 4.90 Å². The first-order valence-corrected chi connectivity index (χ1v) is 5.18. The first-order chi connectivity index (χ1) is 6.69. The average molecular weight is 214 g/mol. The van der Waals surface area contributed by atoms with Crippen LogP contribution in [0, 0.1) is 5.82 Å². The average Bonchev–Trinajstić information content (AvgIpc) is 2.17. The molecule has 0 fully saturated rings. The quantitative estimate of drug-likeness (QED) is 0.571. The van der Waals surface area contributed by atoms with Crippen molar-refractivity contribution in [2.45, 2.75) is 11.8 Å². The number of ether oxygens (including phenoxy) is 1. The number of halogens is 1. The van der Waals surface area contributed by atoms with Gasteiger partial charge in [-0.2, -0.15) is 0 Å². The molecule has 76 valence electrons. The second-order valence-corrected chi connectivity index (χ2v) is 3.90. The van der Waals surface area contributed by atoms with Crippen LogP contribution in [0.1, 0.15) is 17.3 Å². The van der Waals surface area contributed by atoms with E-state index in [9.17, 15) is 9.18 Å². The zero-order chi connectivity index (χ0) is 10.6. The predicted molar refractivity (Wildman–Crippen MR) is 54.1 cm³/mol. The molecule has 0 heterocycles. The highest BCUT2D eigenvalue weighted by Crippen LogP contribution is 2.20. The highest BCUT2D eigenvalue weighted by atomic mass is 32.2. The Morgan fingerprint density at radius 2 is 2.29 bits per heavy atom. The van der Waals surface area contributed by atoms with Crippen LogP contribution in [0.4, 0.5) is 4.39 Å². The van der Waals surface area contributed by atoms with Gasteiger partial charge in [0.2, 0.25) is 0 Å². The molecule has 0 spiro atoms. The Morgan fingerprint density at radius 3 is 2.79 bits per heavy atom. The summed E-state index contributed by atoms with van der Waals surface area (Å²) in [5.74, 6) is -0.303. The summed E-state index contributed by atoms with van der Waals surface area (Å²) in [6.45, 7) is 1.98. The maximum absolute atomic E-state index is 13.3. The van der Waals surface area contributed by atoms with Gasteiger partial charge in [-0.3, -0.25) is 0 Å². The van der Waals surface area contributed by atoms with Crippen LogP contribution in [0.2, 0.25) is 0 Å². The number of rotatable bonds is 3. The van der Waals surface area contributed by atoms with E-state index in [1.54, 1.807) is 6.07 Å². The Balaban J connectivity index is 2.95. The minimum atomic E-state index is -0.643. The van der Waals surface area contributed by atoms with E-state index in [1.165, 1.54) is 31.0 Å². The fourth-order valence-corrected chi connectivity index (χ4v) is 1.71. The maximum atomic E-state index is 13.3. The number of hydrogen-bond acceptors (Lipinski definition) is 3. The summed E-state index contributed by atoms with van der Waals surface area (Å²) in [5.41, 5.74) is -0.0204. The van der Waals surface area contributed by atoms with Gasteiger partial charge in [0.25, 0.3) is 0 Å². The minimum Gasteiger partial charge on any atom is -0.465 e. The smallest absolute Gasteiger partial charge is 0.340 e. The topological polar surface area (TPSA) is 26.3 Å². The van der Waals surface area contributed by atoms with Crippen LogP contribution >= 0.6 is 11.8 Å². The number of thioether (sulfide) groups is 1. The Morgan fingerprint density at radius 1 is 1.57 bits per heavy atom. The van der Waals surface area contributed by atoms with Crippen molar-refractivity contribution in [2.24, 2.45) is 0 Å². The Kier molecular flexibility index (Phi) is 3.95. The van der Waals surface area contributed by atoms with Gasteiger partial charge in [-0.1, -0.05) is 6.92 Å². The Bertz CT molecular complexity index is 339. The van der Waals surface area contributed by atoms with E-state index in [1.807, 2.05) is 6.92 Å². The highest BCUT2D eigenvalue weighted by Gasteiger charge is 2.11. The summed E-state index contributed by atoms with van der Waals surface area (Å²) in [5, 5.41) is 0. The number of esters is 1. The van der Waals surface area contributed by atoms with E-state index in [4.69, 9.17) is 0 Å². The molecule has 0 radical (unpaired) electrons. The highest BCUT2D eigenvalue weighted by molar-refractivity contribution is 7.99. The van der Waals surface area contributed by atoms with Gasteiger partial charge in [-0.15, -0.1) is 11.8 Å². The molecule has 2 nitrogen and oxygen atoms in total. The van der Waals surface area contributed by atoms with Crippen molar-refractivity contribution in [3.63, 3.8) is 0 Å². The second-order valence-electron chi connectivity index (χ2n) is 2.57. The SMILES string of the molecule is CCSc1ccc(C(=O)OC)c(F)c1. The summed E-state index contributed by atoms with van der Waals surface area (Å²) in [6, 6.07) is 4.50. The molecular formula is C10H11FO2S. The lowest BCUT2D eigenvalue weighted by atomic mass is 10.2. The summed E-state index contributed by atoms with van der Waals surface area (Å²) < 4.78 is 17.7. The molecule has 0 bridgehead atoms. The van der Waals surface area contributed by atoms with E-state index in [0.717, 1.165) is 10.6 Å². The van der Waals surface area contributed by atoms with Crippen molar-refractivity contribution >= 4 is 17.7 Å². The van der Waals surface area contributed by atoms with Crippen LogP contribution in [-0.4, -0.2) is 18.8 Å². The van der Waals surface area contributed by atoms with Gasteiger partial charge in [-0.25, -0.2) is 9.18 Å². The molecule has 0 N–H and O–H groups in total. The van der Waals surface area contributed by atoms with Gasteiger partial charge in [0.15, 0.2) is 0 Å². The number of carbonyl (C=O) groups excluding carboxylic acids is 1. The molecule has 0 atom stereocenters. The summed E-state index contributed by atoms with van der Waals surface area (Å²) in [7, 11) is 1.23. The number of hydrogen-bond donors (Lipinski definition) is 0. The summed E-state index contributed by atoms with van der Waals surface area (Å²) in [4.78, 5) is 11.9. The van der Waals surface area contributed by atoms with Gasteiger partial charge in [0.1, 0.15) is 5.82 Å². The molecule has 1 aromatic rings. The lowest BCUT2D eigenvalue weighted by Gasteiger charge is -2.03. The number of methoxy groups -OCH3 is 1. The molecule has 0 saturated carbocycles. The Hall–Kier alpha value is -1.03. The van der Waals surface area contributed by atoms with Crippen molar-refractivity contribution in [1.82, 2.24) is 0 Å². The van der Waals surface area contributed by atoms with Crippen LogP contribution in [-0.2, 0) is 4.74 Å². The first-order valence-electron chi connectivity index (χ1n) is 4.19. The van der Waals surface area contributed by atoms with E-state index in [0.29, 0.717) is 0 Å². The van der Waals surface area contributed by atoms with Crippen molar-refractivity contribution in [3.05, 3.63) is 29.6 Å². The van der Waals surface area contributed by atoms with Crippen LogP contribution < -0.4 is 0 Å². The molecule has 14 heavy (non-hydrogen) atoms. The van der Waals surface area contributed by atoms with E-state index >= 15 is 0 Å². The van der Waals surface area contributed by atoms with E-state index in [2.05, 4.69) is 4.74 Å². The number of benzene rings is 1. The van der Waals surface area contributed by atoms with Crippen LogP contribution in [0.3, 0.4) is 0 Å². The fourth-order valence-electron chi connectivity index (χ4n) is 1.03. The van der Waals surface area contributed by atoms with Gasteiger partial charge < -0.3 is 4.74 Å². The molecule has 0 aliphatic carbocycles. The van der Waals surface area contributed by atoms with Crippen LogP contribution in [0.25, 0.3) is 0 Å². The number of carbonyl (C=O) groups is 1. The molecule has 0 aliphatic heterocycles. The molecule has 0 amide bonds. The molecular weight excluding hydrogens is 203 g/mol. The normalized spacial score (nSPS) is 9.93. The third-order valence-electron chi connectivity index (χ3n) is 1.66. The fraction of sp³-hybridized carbons (Fsp3) is 0.300. The third kappa shape index (κ3) is 2.48. The molecule has 0 aliphatic rings. The maximum Gasteiger partial charge on any atom is 0.340 e. The van der Waals surface area contributed by atoms with Gasteiger partial charge >= 0.3 is 5.97 Å². The second kappa shape index (κ2) is 5.00. The van der Waals surface area contributed by atoms with Gasteiger partial charge in [0.05, 0.1) is 12.7 Å². The van der Waals surface area contributed by atoms with Crippen molar-refractivity contribution in [3.8, 4) is 0 Å². The van der Waals surface area contributed by atoms with Crippen LogP contribution in [0.5, 0.6) is 0 Å². The minimum absolute atomic E-state index is 0.0204. The zero-order valence-corrected chi connectivity index (χ0v) is 8.86. The third-order valence-corrected chi connectivity index (χ3v) is 2.53. The lowest BCUT2D eigenvalue weighted by molar-refractivity contribution is 0.0595. The van der Waals surface area contributed by atoms with Gasteiger partial charge in [-0.05, 0) is 24.0 Å². The predicted octanol–water partition coefficient (Wildman–Crippen LogP) is 2.72. The van der Waals surface area contributed by atoms with E-state index < -0.39 is 11.8 Å². The molecule has 4 heteroatoms. The molecule has 0 aromatic heterocycles. The largest absolute Gasteiger partial charge is 0.465 e. The molecule has 1 rings (SSSR count). The van der Waals surface area contributed by atoms with Crippen molar-refractivity contribution < 1.29 is 13.9 Å². The van der Waals surface area contributed by atoms with E-state index in [-0.39, 0.29) is 5.56 Å². The molecule has 1 aromatic carbocycles. The molecule has 0 saturated heterocycles. The monoisotopic (exact) mass is 214 g/mol. The Labute approximate surface area is 86.5 Å². The summed E-state index contributed by atoms with van der Waals surface area (Å²) >= 11 is 1.53.